The predicted molar refractivity (Wildman–Crippen MR) is 108 cm³/mol. The number of nitrogens with one attached hydrogen (secondary N) is 1. The minimum absolute atomic E-state index is 0.0482. The number of hydrogen-bond acceptors (Lipinski definition) is 3. The Kier molecular flexibility index (Phi) is 7.84. The summed E-state index contributed by atoms with van der Waals surface area (Å²) in [6.45, 7) is 10.2. The van der Waals surface area contributed by atoms with Gasteiger partial charge in [0.15, 0.2) is 6.04 Å². The summed E-state index contributed by atoms with van der Waals surface area (Å²) in [7, 11) is 0. The number of piperidine rings is 1. The molecule has 1 fully saturated rings. The van der Waals surface area contributed by atoms with E-state index in [0.29, 0.717) is 17.6 Å². The highest BCUT2D eigenvalue weighted by atomic mass is 16.5. The number of carbonyl (C=O) groups excluding carboxylic acids is 2. The van der Waals surface area contributed by atoms with Crippen molar-refractivity contribution in [1.82, 2.24) is 0 Å². The Labute approximate surface area is 163 Å². The van der Waals surface area contributed by atoms with Gasteiger partial charge in [0.2, 0.25) is 6.73 Å². The number of aryl methyl sites for hydroxylation is 2. The van der Waals surface area contributed by atoms with Crippen LogP contribution in [-0.4, -0.2) is 42.2 Å². The van der Waals surface area contributed by atoms with Crippen molar-refractivity contribution in [1.29, 1.82) is 0 Å². The standard InChI is InChI=1S/C22H34N2O3/c1-5-10-20(25)27-16-24(14-6-2)15-8-7-13-19(24)22(26)23-21-17(3)11-9-12-18(21)4/h9,11-12,19H,5-8,10,13-16H2,1-4H3/p+1. The Morgan fingerprint density at radius 2 is 1.85 bits per heavy atom. The second kappa shape index (κ2) is 9.88. The Morgan fingerprint density at radius 1 is 1.15 bits per heavy atom. The van der Waals surface area contributed by atoms with E-state index in [1.165, 1.54) is 0 Å². The maximum Gasteiger partial charge on any atom is 0.310 e. The highest BCUT2D eigenvalue weighted by Crippen LogP contribution is 2.29. The fourth-order valence-corrected chi connectivity index (χ4v) is 4.20. The van der Waals surface area contributed by atoms with Gasteiger partial charge in [-0.05, 0) is 50.7 Å². The van der Waals surface area contributed by atoms with Crippen LogP contribution in [0.15, 0.2) is 18.2 Å². The quantitative estimate of drug-likeness (QED) is 0.544. The van der Waals surface area contributed by atoms with E-state index in [2.05, 4.69) is 12.2 Å². The number of nitrogens with zero attached hydrogens (tertiary/aromatic N) is 1. The molecule has 0 saturated carbocycles. The molecule has 150 valence electrons. The molecule has 27 heavy (non-hydrogen) atoms. The summed E-state index contributed by atoms with van der Waals surface area (Å²) in [6.07, 6.45) is 5.12. The lowest BCUT2D eigenvalue weighted by Crippen LogP contribution is -2.63. The number of para-hydroxylation sites is 1. The molecule has 1 aliphatic heterocycles. The molecule has 1 saturated heterocycles. The van der Waals surface area contributed by atoms with Gasteiger partial charge in [-0.3, -0.25) is 14.1 Å². The van der Waals surface area contributed by atoms with E-state index in [1.807, 2.05) is 39.0 Å². The maximum absolute atomic E-state index is 13.3. The SMILES string of the molecule is CCCC(=O)OC[N+]1(CCC)CCCCC1C(=O)Nc1c(C)cccc1C. The van der Waals surface area contributed by atoms with Gasteiger partial charge in [-0.25, -0.2) is 0 Å². The van der Waals surface area contributed by atoms with E-state index < -0.39 is 0 Å². The Balaban J connectivity index is 2.21. The number of hydrogen-bond donors (Lipinski definition) is 1. The molecule has 1 amide bonds. The summed E-state index contributed by atoms with van der Waals surface area (Å²) in [5, 5.41) is 3.18. The number of amides is 1. The number of carbonyl (C=O) groups is 2. The van der Waals surface area contributed by atoms with Crippen LogP contribution in [0.2, 0.25) is 0 Å². The lowest BCUT2D eigenvalue weighted by molar-refractivity contribution is -0.961. The van der Waals surface area contributed by atoms with Crippen molar-refractivity contribution in [2.75, 3.05) is 25.1 Å². The van der Waals surface area contributed by atoms with Crippen LogP contribution in [-0.2, 0) is 14.3 Å². The van der Waals surface area contributed by atoms with Crippen molar-refractivity contribution < 1.29 is 18.8 Å². The van der Waals surface area contributed by atoms with Crippen LogP contribution in [0, 0.1) is 13.8 Å². The van der Waals surface area contributed by atoms with Gasteiger partial charge in [0.25, 0.3) is 5.91 Å². The average Bonchev–Trinajstić information content (AvgIpc) is 2.64. The Bertz CT molecular complexity index is 635. The lowest BCUT2D eigenvalue weighted by atomic mass is 9.97. The van der Waals surface area contributed by atoms with Crippen molar-refractivity contribution >= 4 is 17.6 Å². The first-order valence-electron chi connectivity index (χ1n) is 10.3. The third kappa shape index (κ3) is 5.32. The zero-order valence-electron chi connectivity index (χ0n) is 17.3. The van der Waals surface area contributed by atoms with Gasteiger partial charge >= 0.3 is 5.97 Å². The highest BCUT2D eigenvalue weighted by Gasteiger charge is 2.44. The molecular weight excluding hydrogens is 340 g/mol. The molecule has 5 nitrogen and oxygen atoms in total. The second-order valence-electron chi connectivity index (χ2n) is 7.83. The van der Waals surface area contributed by atoms with Gasteiger partial charge in [-0.2, -0.15) is 0 Å². The lowest BCUT2D eigenvalue weighted by Gasteiger charge is -2.45. The summed E-state index contributed by atoms with van der Waals surface area (Å²) in [5.74, 6) is -0.113. The molecule has 2 rings (SSSR count). The van der Waals surface area contributed by atoms with E-state index in [9.17, 15) is 9.59 Å². The molecule has 1 aromatic carbocycles. The molecule has 1 aromatic rings. The Hall–Kier alpha value is -1.88. The van der Waals surface area contributed by atoms with E-state index >= 15 is 0 Å². The topological polar surface area (TPSA) is 55.4 Å². The van der Waals surface area contributed by atoms with Gasteiger partial charge in [0.1, 0.15) is 0 Å². The number of benzene rings is 1. The molecule has 0 bridgehead atoms. The first-order valence-corrected chi connectivity index (χ1v) is 10.3. The third-order valence-corrected chi connectivity index (χ3v) is 5.63. The van der Waals surface area contributed by atoms with Crippen LogP contribution in [0.3, 0.4) is 0 Å². The van der Waals surface area contributed by atoms with Crippen LogP contribution in [0.4, 0.5) is 5.69 Å². The van der Waals surface area contributed by atoms with Crippen molar-refractivity contribution in [2.45, 2.75) is 72.3 Å². The largest absolute Gasteiger partial charge is 0.415 e. The average molecular weight is 376 g/mol. The van der Waals surface area contributed by atoms with Crippen LogP contribution < -0.4 is 5.32 Å². The van der Waals surface area contributed by atoms with Crippen LogP contribution in [0.5, 0.6) is 0 Å². The fourth-order valence-electron chi connectivity index (χ4n) is 4.20. The highest BCUT2D eigenvalue weighted by molar-refractivity contribution is 5.95. The second-order valence-corrected chi connectivity index (χ2v) is 7.83. The van der Waals surface area contributed by atoms with Gasteiger partial charge < -0.3 is 10.1 Å². The van der Waals surface area contributed by atoms with Crippen molar-refractivity contribution in [3.05, 3.63) is 29.3 Å². The van der Waals surface area contributed by atoms with E-state index in [1.54, 1.807) is 0 Å². The summed E-state index contributed by atoms with van der Waals surface area (Å²) < 4.78 is 6.17. The maximum atomic E-state index is 13.3. The van der Waals surface area contributed by atoms with E-state index in [0.717, 1.165) is 62.0 Å². The van der Waals surface area contributed by atoms with Crippen LogP contribution in [0.25, 0.3) is 0 Å². The summed E-state index contributed by atoms with van der Waals surface area (Å²) >= 11 is 0. The van der Waals surface area contributed by atoms with Crippen molar-refractivity contribution in [3.63, 3.8) is 0 Å². The molecule has 2 atom stereocenters. The van der Waals surface area contributed by atoms with Gasteiger partial charge in [-0.15, -0.1) is 0 Å². The monoisotopic (exact) mass is 375 g/mol. The minimum Gasteiger partial charge on any atom is -0.415 e. The predicted octanol–water partition coefficient (Wildman–Crippen LogP) is 4.32. The zero-order chi connectivity index (χ0) is 19.9. The zero-order valence-corrected chi connectivity index (χ0v) is 17.3. The van der Waals surface area contributed by atoms with E-state index in [4.69, 9.17) is 4.74 Å². The number of quaternary nitrogens is 1. The van der Waals surface area contributed by atoms with Gasteiger partial charge in [0, 0.05) is 18.5 Å². The smallest absolute Gasteiger partial charge is 0.310 e. The van der Waals surface area contributed by atoms with Gasteiger partial charge in [0.05, 0.1) is 13.1 Å². The fraction of sp³-hybridized carbons (Fsp3) is 0.636. The molecule has 1 N–H and O–H groups in total. The molecule has 0 aliphatic carbocycles. The van der Waals surface area contributed by atoms with E-state index in [-0.39, 0.29) is 17.9 Å². The minimum atomic E-state index is -0.174. The van der Waals surface area contributed by atoms with Crippen LogP contribution in [0.1, 0.15) is 63.5 Å². The normalized spacial score (nSPS) is 22.3. The molecule has 1 aliphatic rings. The molecule has 1 heterocycles. The summed E-state index contributed by atoms with van der Waals surface area (Å²) in [5.41, 5.74) is 3.05. The first kappa shape index (κ1) is 21.4. The molecular formula is C22H35N2O3+. The Morgan fingerprint density at radius 3 is 2.48 bits per heavy atom. The van der Waals surface area contributed by atoms with Crippen molar-refractivity contribution in [3.8, 4) is 0 Å². The number of likely N-dealkylation sites (tertiary alicyclic amines) is 1. The molecule has 0 radical (unpaired) electrons. The number of anilines is 1. The molecule has 0 spiro atoms. The number of esters is 1. The molecule has 5 heteroatoms. The van der Waals surface area contributed by atoms with Crippen LogP contribution >= 0.6 is 0 Å². The summed E-state index contributed by atoms with van der Waals surface area (Å²) in [6, 6.07) is 5.87. The van der Waals surface area contributed by atoms with Gasteiger partial charge in [-0.1, -0.05) is 32.0 Å². The van der Waals surface area contributed by atoms with Crippen molar-refractivity contribution in [2.24, 2.45) is 0 Å². The number of rotatable bonds is 8. The first-order chi connectivity index (χ1) is 12.9. The summed E-state index contributed by atoms with van der Waals surface area (Å²) in [4.78, 5) is 25.2. The molecule has 2 unspecified atom stereocenters. The number of ether oxygens (including phenoxy) is 1. The third-order valence-electron chi connectivity index (χ3n) is 5.63. The molecule has 0 aromatic heterocycles.